The van der Waals surface area contributed by atoms with E-state index in [9.17, 15) is 9.18 Å². The number of hydrogen-bond donors (Lipinski definition) is 1. The van der Waals surface area contributed by atoms with Gasteiger partial charge < -0.3 is 9.73 Å². The molecule has 5 heteroatoms. The summed E-state index contributed by atoms with van der Waals surface area (Å²) < 4.78 is 18.9. The van der Waals surface area contributed by atoms with Crippen molar-refractivity contribution in [3.63, 3.8) is 0 Å². The summed E-state index contributed by atoms with van der Waals surface area (Å²) in [5, 5.41) is 2.72. The molecular weight excluding hydrogens is 269 g/mol. The molecule has 1 amide bonds. The zero-order valence-corrected chi connectivity index (χ0v) is 11.1. The Morgan fingerprint density at radius 3 is 2.79 bits per heavy atom. The van der Waals surface area contributed by atoms with Gasteiger partial charge in [0.25, 0.3) is 5.91 Å². The van der Waals surface area contributed by atoms with E-state index in [0.717, 1.165) is 11.5 Å². The van der Waals surface area contributed by atoms with E-state index in [-0.39, 0.29) is 10.6 Å². The fourth-order valence-electron chi connectivity index (χ4n) is 1.72. The zero-order valence-electron chi connectivity index (χ0n) is 10.4. The van der Waals surface area contributed by atoms with Crippen molar-refractivity contribution in [2.75, 3.05) is 6.54 Å². The molecule has 2 aromatic rings. The van der Waals surface area contributed by atoms with E-state index in [0.29, 0.717) is 13.0 Å². The molecule has 0 aliphatic heterocycles. The molecular formula is C14H13ClFNO2. The summed E-state index contributed by atoms with van der Waals surface area (Å²) in [5.74, 6) is 0.445. The highest BCUT2D eigenvalue weighted by Gasteiger charge is 2.15. The smallest absolute Gasteiger partial charge is 0.255 e. The number of carbonyl (C=O) groups excluding carboxylic acids is 1. The minimum Gasteiger partial charge on any atom is -0.466 e. The maximum Gasteiger partial charge on any atom is 0.255 e. The van der Waals surface area contributed by atoms with Crippen LogP contribution in [0.2, 0.25) is 5.02 Å². The summed E-state index contributed by atoms with van der Waals surface area (Å²) in [7, 11) is 0. The van der Waals surface area contributed by atoms with Gasteiger partial charge in [-0.2, -0.15) is 0 Å². The van der Waals surface area contributed by atoms with Crippen LogP contribution in [0.25, 0.3) is 0 Å². The van der Waals surface area contributed by atoms with E-state index in [4.69, 9.17) is 16.0 Å². The number of carbonyl (C=O) groups is 1. The Balaban J connectivity index is 1.94. The molecule has 1 aromatic carbocycles. The molecule has 0 atom stereocenters. The third kappa shape index (κ3) is 3.35. The Hall–Kier alpha value is -1.81. The Bertz CT molecular complexity index is 575. The Morgan fingerprint density at radius 1 is 1.37 bits per heavy atom. The van der Waals surface area contributed by atoms with Gasteiger partial charge in [0, 0.05) is 13.0 Å². The van der Waals surface area contributed by atoms with Gasteiger partial charge in [0.15, 0.2) is 0 Å². The Labute approximate surface area is 115 Å². The quantitative estimate of drug-likeness (QED) is 0.934. The van der Waals surface area contributed by atoms with Crippen molar-refractivity contribution in [2.45, 2.75) is 13.3 Å². The van der Waals surface area contributed by atoms with Crippen LogP contribution in [0.4, 0.5) is 4.39 Å². The van der Waals surface area contributed by atoms with Crippen molar-refractivity contribution >= 4 is 17.5 Å². The van der Waals surface area contributed by atoms with Gasteiger partial charge in [0.1, 0.15) is 17.3 Å². The summed E-state index contributed by atoms with van der Waals surface area (Å²) >= 11 is 5.80. The molecule has 0 saturated carbocycles. The zero-order chi connectivity index (χ0) is 13.8. The van der Waals surface area contributed by atoms with E-state index in [1.165, 1.54) is 18.2 Å². The second-order valence-corrected chi connectivity index (χ2v) is 4.52. The summed E-state index contributed by atoms with van der Waals surface area (Å²) in [6.07, 6.45) is 0.547. The molecule has 0 aliphatic rings. The van der Waals surface area contributed by atoms with E-state index in [1.807, 2.05) is 19.1 Å². The molecule has 0 unspecified atom stereocenters. The predicted molar refractivity (Wildman–Crippen MR) is 70.9 cm³/mol. The van der Waals surface area contributed by atoms with Gasteiger partial charge in [0.05, 0.1) is 10.6 Å². The predicted octanol–water partition coefficient (Wildman–Crippen LogP) is 3.35. The molecule has 0 aliphatic carbocycles. The van der Waals surface area contributed by atoms with Crippen molar-refractivity contribution in [1.82, 2.24) is 5.32 Å². The first kappa shape index (κ1) is 13.6. The van der Waals surface area contributed by atoms with E-state index < -0.39 is 11.7 Å². The van der Waals surface area contributed by atoms with Crippen molar-refractivity contribution in [3.05, 3.63) is 58.3 Å². The first-order chi connectivity index (χ1) is 9.08. The summed E-state index contributed by atoms with van der Waals surface area (Å²) in [6.45, 7) is 2.21. The van der Waals surface area contributed by atoms with E-state index in [2.05, 4.69) is 5.32 Å². The van der Waals surface area contributed by atoms with Crippen molar-refractivity contribution in [2.24, 2.45) is 0 Å². The van der Waals surface area contributed by atoms with Crippen LogP contribution in [0, 0.1) is 12.7 Å². The molecule has 2 rings (SSSR count). The van der Waals surface area contributed by atoms with Gasteiger partial charge in [-0.25, -0.2) is 4.39 Å². The maximum absolute atomic E-state index is 13.5. The maximum atomic E-state index is 13.5. The summed E-state index contributed by atoms with van der Waals surface area (Å²) in [4.78, 5) is 11.8. The van der Waals surface area contributed by atoms with Crippen LogP contribution in [-0.2, 0) is 6.42 Å². The molecule has 100 valence electrons. The van der Waals surface area contributed by atoms with Gasteiger partial charge in [-0.1, -0.05) is 17.7 Å². The Morgan fingerprint density at radius 2 is 2.16 bits per heavy atom. The lowest BCUT2D eigenvalue weighted by Crippen LogP contribution is -2.26. The molecule has 0 saturated heterocycles. The lowest BCUT2D eigenvalue weighted by molar-refractivity contribution is 0.0950. The standard InChI is InChI=1S/C14H13ClFNO2/c1-9-5-6-10(19-9)7-8-17-14(18)13-11(15)3-2-4-12(13)16/h2-6H,7-8H2,1H3,(H,17,18). The first-order valence-electron chi connectivity index (χ1n) is 5.85. The molecule has 0 spiro atoms. The number of rotatable bonds is 4. The second-order valence-electron chi connectivity index (χ2n) is 4.11. The van der Waals surface area contributed by atoms with Gasteiger partial charge >= 0.3 is 0 Å². The third-order valence-electron chi connectivity index (χ3n) is 2.64. The van der Waals surface area contributed by atoms with Gasteiger partial charge in [-0.05, 0) is 31.2 Å². The third-order valence-corrected chi connectivity index (χ3v) is 2.96. The molecule has 1 N–H and O–H groups in total. The van der Waals surface area contributed by atoms with Crippen LogP contribution in [0.15, 0.2) is 34.7 Å². The molecule has 0 bridgehead atoms. The fraction of sp³-hybridized carbons (Fsp3) is 0.214. The lowest BCUT2D eigenvalue weighted by atomic mass is 10.2. The monoisotopic (exact) mass is 281 g/mol. The number of amides is 1. The van der Waals surface area contributed by atoms with Crippen LogP contribution in [0.1, 0.15) is 21.9 Å². The van der Waals surface area contributed by atoms with Crippen molar-refractivity contribution in [1.29, 1.82) is 0 Å². The van der Waals surface area contributed by atoms with Crippen LogP contribution in [-0.4, -0.2) is 12.5 Å². The SMILES string of the molecule is Cc1ccc(CCNC(=O)c2c(F)cccc2Cl)o1. The number of benzene rings is 1. The topological polar surface area (TPSA) is 42.2 Å². The van der Waals surface area contributed by atoms with Gasteiger partial charge in [0.2, 0.25) is 0 Å². The highest BCUT2D eigenvalue weighted by atomic mass is 35.5. The largest absolute Gasteiger partial charge is 0.466 e. The number of nitrogens with one attached hydrogen (secondary N) is 1. The molecule has 0 radical (unpaired) electrons. The second kappa shape index (κ2) is 5.89. The average Bonchev–Trinajstić information content (AvgIpc) is 2.75. The van der Waals surface area contributed by atoms with Crippen LogP contribution in [0.5, 0.6) is 0 Å². The number of hydrogen-bond acceptors (Lipinski definition) is 2. The highest BCUT2D eigenvalue weighted by Crippen LogP contribution is 2.18. The van der Waals surface area contributed by atoms with Crippen LogP contribution in [0.3, 0.4) is 0 Å². The molecule has 1 heterocycles. The van der Waals surface area contributed by atoms with Crippen molar-refractivity contribution < 1.29 is 13.6 Å². The van der Waals surface area contributed by atoms with Gasteiger partial charge in [-0.3, -0.25) is 4.79 Å². The molecule has 1 aromatic heterocycles. The number of furan rings is 1. The summed E-state index contributed by atoms with van der Waals surface area (Å²) in [5.41, 5.74) is -0.125. The van der Waals surface area contributed by atoms with Gasteiger partial charge in [-0.15, -0.1) is 0 Å². The first-order valence-corrected chi connectivity index (χ1v) is 6.23. The van der Waals surface area contributed by atoms with Crippen molar-refractivity contribution in [3.8, 4) is 0 Å². The summed E-state index contributed by atoms with van der Waals surface area (Å²) in [6, 6.07) is 7.84. The minimum absolute atomic E-state index is 0.103. The molecule has 19 heavy (non-hydrogen) atoms. The molecule has 0 fully saturated rings. The van der Waals surface area contributed by atoms with E-state index in [1.54, 1.807) is 0 Å². The van der Waals surface area contributed by atoms with Crippen LogP contribution >= 0.6 is 11.6 Å². The lowest BCUT2D eigenvalue weighted by Gasteiger charge is -2.06. The fourth-order valence-corrected chi connectivity index (χ4v) is 1.97. The highest BCUT2D eigenvalue weighted by molar-refractivity contribution is 6.33. The molecule has 3 nitrogen and oxygen atoms in total. The normalized spacial score (nSPS) is 10.5. The Kier molecular flexibility index (Phi) is 4.22. The number of halogens is 2. The minimum atomic E-state index is -0.626. The number of aryl methyl sites for hydroxylation is 1. The van der Waals surface area contributed by atoms with Crippen LogP contribution < -0.4 is 5.32 Å². The van der Waals surface area contributed by atoms with E-state index >= 15 is 0 Å². The average molecular weight is 282 g/mol.